The Balaban J connectivity index is 1.94. The lowest BCUT2D eigenvalue weighted by Gasteiger charge is -2.17. The number of hydrogen-bond acceptors (Lipinski definition) is 1. The summed E-state index contributed by atoms with van der Waals surface area (Å²) in [6.45, 7) is 4.70. The van der Waals surface area contributed by atoms with E-state index in [1.54, 1.807) is 0 Å². The Morgan fingerprint density at radius 1 is 1.21 bits per heavy atom. The van der Waals surface area contributed by atoms with Crippen LogP contribution in [0, 0.1) is 17.3 Å². The molecule has 0 bridgehead atoms. The van der Waals surface area contributed by atoms with Crippen molar-refractivity contribution in [3.05, 3.63) is 11.1 Å². The van der Waals surface area contributed by atoms with Gasteiger partial charge in [0.15, 0.2) is 5.78 Å². The Kier molecular flexibility index (Phi) is 1.55. The molecule has 0 heterocycles. The van der Waals surface area contributed by atoms with Crippen molar-refractivity contribution >= 4 is 5.78 Å². The summed E-state index contributed by atoms with van der Waals surface area (Å²) >= 11 is 0. The first-order chi connectivity index (χ1) is 6.57. The lowest BCUT2D eigenvalue weighted by atomic mass is 9.88. The maximum absolute atomic E-state index is 11.8. The van der Waals surface area contributed by atoms with Gasteiger partial charge in [-0.25, -0.2) is 0 Å². The monoisotopic (exact) mass is 190 g/mol. The van der Waals surface area contributed by atoms with Crippen LogP contribution in [0.2, 0.25) is 0 Å². The second-order valence-corrected chi connectivity index (χ2v) is 6.08. The molecule has 0 spiro atoms. The number of allylic oxidation sites excluding steroid dienone is 2. The van der Waals surface area contributed by atoms with Crippen LogP contribution in [0.1, 0.15) is 46.0 Å². The molecule has 2 atom stereocenters. The Labute approximate surface area is 85.6 Å². The van der Waals surface area contributed by atoms with Gasteiger partial charge in [-0.2, -0.15) is 0 Å². The fraction of sp³-hybridized carbons (Fsp3) is 0.769. The SMILES string of the molecule is CC1(C)C[C@H]2CC3=C(C(=O)CC3)[C@H]2C1. The summed E-state index contributed by atoms with van der Waals surface area (Å²) in [5, 5.41) is 0. The third-order valence-electron chi connectivity index (χ3n) is 4.37. The minimum Gasteiger partial charge on any atom is -0.295 e. The molecule has 0 aliphatic heterocycles. The number of carbonyl (C=O) groups is 1. The normalized spacial score (nSPS) is 39.1. The van der Waals surface area contributed by atoms with Crippen molar-refractivity contribution in [3.8, 4) is 0 Å². The number of rotatable bonds is 0. The van der Waals surface area contributed by atoms with Crippen molar-refractivity contribution in [2.24, 2.45) is 17.3 Å². The zero-order valence-electron chi connectivity index (χ0n) is 9.10. The number of hydrogen-bond donors (Lipinski definition) is 0. The van der Waals surface area contributed by atoms with E-state index >= 15 is 0 Å². The molecule has 0 aromatic heterocycles. The molecular formula is C13H18O. The van der Waals surface area contributed by atoms with Crippen LogP contribution in [0.3, 0.4) is 0 Å². The molecule has 0 unspecified atom stereocenters. The van der Waals surface area contributed by atoms with Crippen molar-refractivity contribution in [2.45, 2.75) is 46.0 Å². The summed E-state index contributed by atoms with van der Waals surface area (Å²) in [5.41, 5.74) is 3.29. The standard InChI is InChI=1S/C13H18O/c1-13(2)6-9-5-8-3-4-11(14)12(8)10(9)7-13/h9-10H,3-7H2,1-2H3/t9-,10+/m1/s1. The van der Waals surface area contributed by atoms with Crippen LogP contribution in [0.25, 0.3) is 0 Å². The average Bonchev–Trinajstić information content (AvgIpc) is 2.61. The van der Waals surface area contributed by atoms with Crippen molar-refractivity contribution in [2.75, 3.05) is 0 Å². The molecule has 3 aliphatic carbocycles. The van der Waals surface area contributed by atoms with Crippen LogP contribution in [-0.4, -0.2) is 5.78 Å². The summed E-state index contributed by atoms with van der Waals surface area (Å²) < 4.78 is 0. The van der Waals surface area contributed by atoms with E-state index in [1.165, 1.54) is 30.4 Å². The van der Waals surface area contributed by atoms with Gasteiger partial charge in [0.2, 0.25) is 0 Å². The quantitative estimate of drug-likeness (QED) is 0.573. The van der Waals surface area contributed by atoms with E-state index in [4.69, 9.17) is 0 Å². The highest BCUT2D eigenvalue weighted by Gasteiger charge is 2.48. The Morgan fingerprint density at radius 2 is 2.00 bits per heavy atom. The summed E-state index contributed by atoms with van der Waals surface area (Å²) in [4.78, 5) is 11.8. The van der Waals surface area contributed by atoms with E-state index in [9.17, 15) is 4.79 Å². The molecule has 0 saturated heterocycles. The molecule has 0 N–H and O–H groups in total. The Morgan fingerprint density at radius 3 is 2.79 bits per heavy atom. The van der Waals surface area contributed by atoms with Crippen LogP contribution in [0.15, 0.2) is 11.1 Å². The number of ketones is 1. The molecule has 0 amide bonds. The summed E-state index contributed by atoms with van der Waals surface area (Å²) in [7, 11) is 0. The fourth-order valence-electron chi connectivity index (χ4n) is 3.98. The molecule has 0 aromatic carbocycles. The smallest absolute Gasteiger partial charge is 0.159 e. The largest absolute Gasteiger partial charge is 0.295 e. The number of Topliss-reactive ketones (excluding diaryl/α,β-unsaturated/α-hetero) is 1. The molecule has 14 heavy (non-hydrogen) atoms. The zero-order chi connectivity index (χ0) is 9.92. The summed E-state index contributed by atoms with van der Waals surface area (Å²) in [6, 6.07) is 0. The van der Waals surface area contributed by atoms with E-state index in [2.05, 4.69) is 13.8 Å². The van der Waals surface area contributed by atoms with Gasteiger partial charge in [-0.15, -0.1) is 0 Å². The predicted molar refractivity (Wildman–Crippen MR) is 55.9 cm³/mol. The average molecular weight is 190 g/mol. The molecular weight excluding hydrogens is 172 g/mol. The first-order valence-electron chi connectivity index (χ1n) is 5.82. The maximum Gasteiger partial charge on any atom is 0.159 e. The number of carbonyl (C=O) groups excluding carboxylic acids is 1. The molecule has 1 saturated carbocycles. The van der Waals surface area contributed by atoms with E-state index in [1.807, 2.05) is 0 Å². The van der Waals surface area contributed by atoms with Gasteiger partial charge in [0.1, 0.15) is 0 Å². The van der Waals surface area contributed by atoms with Crippen molar-refractivity contribution in [1.29, 1.82) is 0 Å². The first kappa shape index (κ1) is 8.70. The highest BCUT2D eigenvalue weighted by molar-refractivity contribution is 6.00. The van der Waals surface area contributed by atoms with Gasteiger partial charge >= 0.3 is 0 Å². The van der Waals surface area contributed by atoms with Crippen molar-refractivity contribution in [3.63, 3.8) is 0 Å². The molecule has 76 valence electrons. The van der Waals surface area contributed by atoms with Crippen LogP contribution in [-0.2, 0) is 4.79 Å². The second kappa shape index (κ2) is 2.50. The molecule has 1 nitrogen and oxygen atoms in total. The molecule has 0 aromatic rings. The molecule has 3 rings (SSSR count). The maximum atomic E-state index is 11.8. The highest BCUT2D eigenvalue weighted by atomic mass is 16.1. The topological polar surface area (TPSA) is 17.1 Å². The van der Waals surface area contributed by atoms with E-state index in [-0.39, 0.29) is 0 Å². The Bertz CT molecular complexity index is 335. The summed E-state index contributed by atoms with van der Waals surface area (Å²) in [5.74, 6) is 1.94. The van der Waals surface area contributed by atoms with Gasteiger partial charge in [-0.1, -0.05) is 19.4 Å². The molecule has 3 aliphatic rings. The van der Waals surface area contributed by atoms with Crippen LogP contribution < -0.4 is 0 Å². The fourth-order valence-corrected chi connectivity index (χ4v) is 3.98. The van der Waals surface area contributed by atoms with E-state index < -0.39 is 0 Å². The van der Waals surface area contributed by atoms with Crippen LogP contribution in [0.4, 0.5) is 0 Å². The van der Waals surface area contributed by atoms with E-state index in [0.29, 0.717) is 17.1 Å². The van der Waals surface area contributed by atoms with E-state index in [0.717, 1.165) is 18.8 Å². The third-order valence-corrected chi connectivity index (χ3v) is 4.37. The van der Waals surface area contributed by atoms with Crippen LogP contribution in [0.5, 0.6) is 0 Å². The van der Waals surface area contributed by atoms with Gasteiger partial charge in [0.25, 0.3) is 0 Å². The van der Waals surface area contributed by atoms with Gasteiger partial charge in [0, 0.05) is 6.42 Å². The van der Waals surface area contributed by atoms with Gasteiger partial charge < -0.3 is 0 Å². The highest BCUT2D eigenvalue weighted by Crippen LogP contribution is 2.57. The summed E-state index contributed by atoms with van der Waals surface area (Å²) in [6.07, 6.45) is 5.73. The molecule has 1 fully saturated rings. The Hall–Kier alpha value is -0.590. The van der Waals surface area contributed by atoms with Gasteiger partial charge in [-0.05, 0) is 48.5 Å². The van der Waals surface area contributed by atoms with Crippen molar-refractivity contribution < 1.29 is 4.79 Å². The lowest BCUT2D eigenvalue weighted by Crippen LogP contribution is -2.10. The van der Waals surface area contributed by atoms with Gasteiger partial charge in [-0.3, -0.25) is 4.79 Å². The second-order valence-electron chi connectivity index (χ2n) is 6.08. The van der Waals surface area contributed by atoms with Crippen LogP contribution >= 0.6 is 0 Å². The number of fused-ring (bicyclic) bond motifs is 2. The van der Waals surface area contributed by atoms with Crippen molar-refractivity contribution in [1.82, 2.24) is 0 Å². The third kappa shape index (κ3) is 1.04. The molecule has 1 heteroatoms. The first-order valence-corrected chi connectivity index (χ1v) is 5.82. The van der Waals surface area contributed by atoms with Gasteiger partial charge in [0.05, 0.1) is 0 Å². The predicted octanol–water partition coefficient (Wildman–Crippen LogP) is 3.10. The molecule has 0 radical (unpaired) electrons. The lowest BCUT2D eigenvalue weighted by molar-refractivity contribution is -0.115. The minimum atomic E-state index is 0.477. The zero-order valence-corrected chi connectivity index (χ0v) is 9.10. The minimum absolute atomic E-state index is 0.477.